The largest absolute Gasteiger partial charge is 0.289 e. The van der Waals surface area contributed by atoms with E-state index < -0.39 is 0 Å². The molecule has 4 rings (SSSR count). The highest BCUT2D eigenvalue weighted by Gasteiger charge is 2.24. The number of aryl methyl sites for hydroxylation is 2. The molecule has 0 aliphatic heterocycles. The first-order chi connectivity index (χ1) is 12.2. The number of rotatable bonds is 3. The lowest BCUT2D eigenvalue weighted by molar-refractivity contribution is 0.0949. The van der Waals surface area contributed by atoms with E-state index in [2.05, 4.69) is 26.8 Å². The molecular weight excluding hydrogens is 312 g/mol. The number of nitrogens with zero attached hydrogens (tertiary/aromatic N) is 2. The molecule has 0 unspecified atom stereocenters. The topological polar surface area (TPSA) is 70.1 Å². The van der Waals surface area contributed by atoms with Gasteiger partial charge in [-0.3, -0.25) is 9.89 Å². The summed E-state index contributed by atoms with van der Waals surface area (Å²) < 4.78 is 0. The first-order valence-electron chi connectivity index (χ1n) is 8.28. The Balaban J connectivity index is 1.53. The van der Waals surface area contributed by atoms with E-state index in [0.29, 0.717) is 5.69 Å². The minimum absolute atomic E-state index is 0.267. The summed E-state index contributed by atoms with van der Waals surface area (Å²) in [5.41, 5.74) is 9.39. The van der Waals surface area contributed by atoms with E-state index in [-0.39, 0.29) is 5.91 Å². The first kappa shape index (κ1) is 15.3. The molecule has 1 aliphatic carbocycles. The molecular formula is C20H18N4O. The van der Waals surface area contributed by atoms with Gasteiger partial charge in [0.25, 0.3) is 5.91 Å². The van der Waals surface area contributed by atoms with Gasteiger partial charge in [0.1, 0.15) is 5.69 Å². The Morgan fingerprint density at radius 1 is 1.16 bits per heavy atom. The first-order valence-corrected chi connectivity index (χ1v) is 8.28. The number of hydrogen-bond donors (Lipinski definition) is 2. The maximum Gasteiger partial charge on any atom is 0.289 e. The average molecular weight is 330 g/mol. The molecule has 5 nitrogen and oxygen atoms in total. The molecule has 0 fully saturated rings. The van der Waals surface area contributed by atoms with Crippen molar-refractivity contribution in [1.82, 2.24) is 15.6 Å². The summed E-state index contributed by atoms with van der Waals surface area (Å²) in [6, 6.07) is 16.1. The molecule has 1 heterocycles. The molecule has 3 aromatic rings. The molecule has 1 amide bonds. The monoisotopic (exact) mass is 330 g/mol. The van der Waals surface area contributed by atoms with Gasteiger partial charge >= 0.3 is 0 Å². The van der Waals surface area contributed by atoms with Crippen molar-refractivity contribution in [3.63, 3.8) is 0 Å². The van der Waals surface area contributed by atoms with Gasteiger partial charge in [0, 0.05) is 11.1 Å². The van der Waals surface area contributed by atoms with Crippen LogP contribution in [-0.2, 0) is 12.8 Å². The van der Waals surface area contributed by atoms with Gasteiger partial charge in [-0.05, 0) is 30.9 Å². The van der Waals surface area contributed by atoms with Crippen LogP contribution in [0.1, 0.15) is 32.7 Å². The van der Waals surface area contributed by atoms with Gasteiger partial charge < -0.3 is 0 Å². The highest BCUT2D eigenvalue weighted by Crippen LogP contribution is 2.33. The zero-order valence-electron chi connectivity index (χ0n) is 13.9. The van der Waals surface area contributed by atoms with E-state index in [1.54, 1.807) is 6.21 Å². The van der Waals surface area contributed by atoms with Gasteiger partial charge in [-0.25, -0.2) is 5.43 Å². The van der Waals surface area contributed by atoms with Crippen molar-refractivity contribution in [2.24, 2.45) is 5.10 Å². The second-order valence-corrected chi connectivity index (χ2v) is 6.19. The Morgan fingerprint density at radius 3 is 2.80 bits per heavy atom. The molecule has 1 aromatic heterocycles. The Bertz CT molecular complexity index is 954. The van der Waals surface area contributed by atoms with E-state index in [1.165, 1.54) is 11.1 Å². The Kier molecular flexibility index (Phi) is 3.90. The van der Waals surface area contributed by atoms with E-state index in [9.17, 15) is 4.79 Å². The van der Waals surface area contributed by atoms with Crippen LogP contribution in [0.5, 0.6) is 0 Å². The maximum atomic E-state index is 12.4. The van der Waals surface area contributed by atoms with Crippen molar-refractivity contribution in [3.05, 3.63) is 76.5 Å². The number of aromatic amines is 1. The summed E-state index contributed by atoms with van der Waals surface area (Å²) >= 11 is 0. The normalized spacial score (nSPS) is 12.7. The van der Waals surface area contributed by atoms with Crippen molar-refractivity contribution in [2.45, 2.75) is 19.8 Å². The van der Waals surface area contributed by atoms with Gasteiger partial charge in [0.2, 0.25) is 0 Å². The number of hydrazone groups is 1. The van der Waals surface area contributed by atoms with Crippen LogP contribution in [0.4, 0.5) is 0 Å². The van der Waals surface area contributed by atoms with Gasteiger partial charge in [0.15, 0.2) is 0 Å². The third kappa shape index (κ3) is 2.96. The lowest BCUT2D eigenvalue weighted by atomic mass is 9.89. The molecule has 2 aromatic carbocycles. The van der Waals surface area contributed by atoms with Crippen molar-refractivity contribution in [3.8, 4) is 11.3 Å². The molecule has 124 valence electrons. The molecule has 0 bridgehead atoms. The molecule has 0 atom stereocenters. The predicted octanol–water partition coefficient (Wildman–Crippen LogP) is 3.25. The number of carbonyl (C=O) groups excluding carboxylic acids is 1. The fourth-order valence-corrected chi connectivity index (χ4v) is 3.12. The van der Waals surface area contributed by atoms with E-state index >= 15 is 0 Å². The van der Waals surface area contributed by atoms with E-state index in [0.717, 1.165) is 35.2 Å². The van der Waals surface area contributed by atoms with Crippen molar-refractivity contribution in [2.75, 3.05) is 0 Å². The minimum Gasteiger partial charge on any atom is -0.272 e. The van der Waals surface area contributed by atoms with E-state index in [4.69, 9.17) is 0 Å². The fraction of sp³-hybridized carbons (Fsp3) is 0.150. The molecule has 25 heavy (non-hydrogen) atoms. The Labute approximate surface area is 145 Å². The lowest BCUT2D eigenvalue weighted by Crippen LogP contribution is -2.20. The molecule has 5 heteroatoms. The van der Waals surface area contributed by atoms with Crippen molar-refractivity contribution in [1.29, 1.82) is 0 Å². The van der Waals surface area contributed by atoms with Gasteiger partial charge in [-0.2, -0.15) is 10.2 Å². The number of fused-ring (bicyclic) bond motifs is 3. The Morgan fingerprint density at radius 2 is 1.96 bits per heavy atom. The second kappa shape index (κ2) is 6.36. The summed E-state index contributed by atoms with van der Waals surface area (Å²) in [4.78, 5) is 12.4. The van der Waals surface area contributed by atoms with Crippen LogP contribution in [0.25, 0.3) is 11.3 Å². The summed E-state index contributed by atoms with van der Waals surface area (Å²) in [6.45, 7) is 2.03. The predicted molar refractivity (Wildman–Crippen MR) is 97.7 cm³/mol. The van der Waals surface area contributed by atoms with Gasteiger partial charge in [0.05, 0.1) is 11.9 Å². The van der Waals surface area contributed by atoms with Crippen molar-refractivity contribution < 1.29 is 4.79 Å². The molecule has 0 saturated heterocycles. The summed E-state index contributed by atoms with van der Waals surface area (Å²) in [5, 5.41) is 11.3. The summed E-state index contributed by atoms with van der Waals surface area (Å²) in [6.07, 6.45) is 3.35. The van der Waals surface area contributed by atoms with Crippen LogP contribution < -0.4 is 5.43 Å². The smallest absolute Gasteiger partial charge is 0.272 e. The number of carbonyl (C=O) groups is 1. The standard InChI is InChI=1S/C20H18N4O/c1-13-6-8-14(9-7-13)12-21-24-20(25)19-17-11-10-15-4-2-3-5-16(15)18(17)22-23-19/h2-9,12H,10-11H2,1H3,(H,22,23)(H,24,25)/b21-12+. The number of nitrogens with one attached hydrogen (secondary N) is 2. The number of amides is 1. The number of hydrogen-bond acceptors (Lipinski definition) is 3. The summed E-state index contributed by atoms with van der Waals surface area (Å²) in [7, 11) is 0. The quantitative estimate of drug-likeness (QED) is 0.572. The molecule has 0 spiro atoms. The molecule has 0 saturated carbocycles. The van der Waals surface area contributed by atoms with E-state index in [1.807, 2.05) is 49.4 Å². The van der Waals surface area contributed by atoms with Crippen LogP contribution in [0.3, 0.4) is 0 Å². The molecule has 0 radical (unpaired) electrons. The third-order valence-corrected chi connectivity index (χ3v) is 4.47. The van der Waals surface area contributed by atoms with Crippen LogP contribution in [0.15, 0.2) is 53.6 Å². The molecule has 1 aliphatic rings. The van der Waals surface area contributed by atoms with Gasteiger partial charge in [-0.1, -0.05) is 54.1 Å². The van der Waals surface area contributed by atoms with Crippen LogP contribution in [0, 0.1) is 6.92 Å². The number of benzene rings is 2. The SMILES string of the molecule is Cc1ccc(/C=N/NC(=O)c2[nH]nc3c2CCc2ccccc2-3)cc1. The van der Waals surface area contributed by atoms with Crippen LogP contribution >= 0.6 is 0 Å². The maximum absolute atomic E-state index is 12.4. The fourth-order valence-electron chi connectivity index (χ4n) is 3.12. The zero-order valence-corrected chi connectivity index (χ0v) is 13.9. The lowest BCUT2D eigenvalue weighted by Gasteiger charge is -2.15. The highest BCUT2D eigenvalue weighted by molar-refractivity contribution is 5.96. The molecule has 2 N–H and O–H groups in total. The van der Waals surface area contributed by atoms with Crippen molar-refractivity contribution >= 4 is 12.1 Å². The Hall–Kier alpha value is -3.21. The zero-order chi connectivity index (χ0) is 17.2. The van der Waals surface area contributed by atoms with Gasteiger partial charge in [-0.15, -0.1) is 0 Å². The second-order valence-electron chi connectivity index (χ2n) is 6.19. The highest BCUT2D eigenvalue weighted by atomic mass is 16.2. The van der Waals surface area contributed by atoms with Crippen LogP contribution in [0.2, 0.25) is 0 Å². The number of aromatic nitrogens is 2. The van der Waals surface area contributed by atoms with Crippen LogP contribution in [-0.4, -0.2) is 22.3 Å². The summed E-state index contributed by atoms with van der Waals surface area (Å²) in [5.74, 6) is -0.267. The minimum atomic E-state index is -0.267. The third-order valence-electron chi connectivity index (χ3n) is 4.47. The average Bonchev–Trinajstić information content (AvgIpc) is 3.08. The number of H-pyrrole nitrogens is 1.